The Morgan fingerprint density at radius 2 is 1.79 bits per heavy atom. The molecule has 6 nitrogen and oxygen atoms in total. The molecule has 3 aromatic carbocycles. The highest BCUT2D eigenvalue weighted by molar-refractivity contribution is 9.10. The highest BCUT2D eigenvalue weighted by Crippen LogP contribution is 2.39. The van der Waals surface area contributed by atoms with Gasteiger partial charge in [0.2, 0.25) is 0 Å². The number of amidine groups is 1. The first-order valence-electron chi connectivity index (χ1n) is 12.3. The SMILES string of the molecule is CCOc1cc(/C=C2\SC(=Nc3ccccc3)N(CCCOC)C2=O)c(Br)cc1OCc1ccc(Cl)c(Cl)c1. The van der Waals surface area contributed by atoms with Gasteiger partial charge in [-0.2, -0.15) is 0 Å². The molecular weight excluding hydrogens is 623 g/mol. The van der Waals surface area contributed by atoms with Crippen LogP contribution in [0.4, 0.5) is 5.69 Å². The molecule has 3 aromatic rings. The minimum atomic E-state index is -0.101. The number of carbonyl (C=O) groups is 1. The van der Waals surface area contributed by atoms with Gasteiger partial charge >= 0.3 is 0 Å². The predicted molar refractivity (Wildman–Crippen MR) is 163 cm³/mol. The highest BCUT2D eigenvalue weighted by atomic mass is 79.9. The van der Waals surface area contributed by atoms with Gasteiger partial charge in [0.1, 0.15) is 6.61 Å². The zero-order valence-electron chi connectivity index (χ0n) is 21.5. The van der Waals surface area contributed by atoms with E-state index >= 15 is 0 Å². The van der Waals surface area contributed by atoms with Crippen molar-refractivity contribution in [2.45, 2.75) is 20.0 Å². The summed E-state index contributed by atoms with van der Waals surface area (Å²) in [5.74, 6) is 1.03. The Bertz CT molecular complexity index is 1390. The molecule has 39 heavy (non-hydrogen) atoms. The van der Waals surface area contributed by atoms with E-state index in [4.69, 9.17) is 42.4 Å². The Morgan fingerprint density at radius 1 is 1.03 bits per heavy atom. The van der Waals surface area contributed by atoms with E-state index in [1.54, 1.807) is 24.1 Å². The molecule has 1 aliphatic rings. The predicted octanol–water partition coefficient (Wildman–Crippen LogP) is 8.37. The zero-order chi connectivity index (χ0) is 27.8. The fourth-order valence-electron chi connectivity index (χ4n) is 3.74. The van der Waals surface area contributed by atoms with Gasteiger partial charge in [-0.25, -0.2) is 4.99 Å². The molecule has 1 heterocycles. The molecule has 0 N–H and O–H groups in total. The minimum absolute atomic E-state index is 0.101. The molecule has 0 atom stereocenters. The lowest BCUT2D eigenvalue weighted by molar-refractivity contribution is -0.122. The zero-order valence-corrected chi connectivity index (χ0v) is 25.4. The third kappa shape index (κ3) is 7.80. The van der Waals surface area contributed by atoms with E-state index in [-0.39, 0.29) is 12.5 Å². The summed E-state index contributed by atoms with van der Waals surface area (Å²) in [4.78, 5) is 20.4. The lowest BCUT2D eigenvalue weighted by atomic mass is 10.1. The van der Waals surface area contributed by atoms with E-state index in [1.807, 2.05) is 61.5 Å². The van der Waals surface area contributed by atoms with Crippen LogP contribution in [-0.2, 0) is 16.1 Å². The molecule has 0 saturated carbocycles. The van der Waals surface area contributed by atoms with Gasteiger partial charge in [0, 0.05) is 24.7 Å². The molecule has 0 unspecified atom stereocenters. The van der Waals surface area contributed by atoms with Gasteiger partial charge in [0.25, 0.3) is 5.91 Å². The molecule has 204 valence electrons. The van der Waals surface area contributed by atoms with Crippen molar-refractivity contribution in [3.8, 4) is 11.5 Å². The summed E-state index contributed by atoms with van der Waals surface area (Å²) < 4.78 is 17.9. The molecule has 1 amide bonds. The van der Waals surface area contributed by atoms with E-state index in [1.165, 1.54) is 11.8 Å². The van der Waals surface area contributed by atoms with E-state index in [0.29, 0.717) is 57.8 Å². The molecule has 1 saturated heterocycles. The van der Waals surface area contributed by atoms with E-state index in [0.717, 1.165) is 21.3 Å². The maximum atomic E-state index is 13.4. The average Bonchev–Trinajstić information content (AvgIpc) is 3.21. The number of amides is 1. The normalized spacial score (nSPS) is 15.4. The Kier molecular flexibility index (Phi) is 10.8. The summed E-state index contributed by atoms with van der Waals surface area (Å²) in [6, 6.07) is 18.7. The van der Waals surface area contributed by atoms with Crippen LogP contribution in [0.3, 0.4) is 0 Å². The van der Waals surface area contributed by atoms with Crippen LogP contribution in [0, 0.1) is 0 Å². The van der Waals surface area contributed by atoms with Crippen LogP contribution in [-0.4, -0.2) is 42.8 Å². The number of thioether (sulfide) groups is 1. The number of methoxy groups -OCH3 is 1. The summed E-state index contributed by atoms with van der Waals surface area (Å²) in [6.45, 7) is 3.71. The first-order chi connectivity index (χ1) is 18.9. The van der Waals surface area contributed by atoms with Crippen LogP contribution in [0.15, 0.2) is 75.0 Å². The number of halogens is 3. The fourth-order valence-corrected chi connectivity index (χ4v) is 5.52. The molecule has 0 bridgehead atoms. The summed E-state index contributed by atoms with van der Waals surface area (Å²) in [5.41, 5.74) is 2.45. The fraction of sp³-hybridized carbons (Fsp3) is 0.241. The number of carbonyl (C=O) groups excluding carboxylic acids is 1. The Labute approximate surface area is 251 Å². The number of rotatable bonds is 11. The first-order valence-corrected chi connectivity index (χ1v) is 14.6. The summed E-state index contributed by atoms with van der Waals surface area (Å²) >= 11 is 17.2. The number of para-hydroxylation sites is 1. The maximum absolute atomic E-state index is 13.4. The minimum Gasteiger partial charge on any atom is -0.490 e. The Balaban J connectivity index is 1.61. The van der Waals surface area contributed by atoms with Crippen LogP contribution in [0.1, 0.15) is 24.5 Å². The molecule has 4 rings (SSSR count). The van der Waals surface area contributed by atoms with Gasteiger partial charge in [0.15, 0.2) is 16.7 Å². The summed E-state index contributed by atoms with van der Waals surface area (Å²) in [6.07, 6.45) is 2.55. The number of ether oxygens (including phenoxy) is 3. The molecule has 0 aliphatic carbocycles. The summed E-state index contributed by atoms with van der Waals surface area (Å²) in [5, 5.41) is 1.59. The van der Waals surface area contributed by atoms with Gasteiger partial charge < -0.3 is 14.2 Å². The van der Waals surface area contributed by atoms with Crippen molar-refractivity contribution in [3.05, 3.63) is 91.2 Å². The topological polar surface area (TPSA) is 60.4 Å². The van der Waals surface area contributed by atoms with Crippen LogP contribution in [0.2, 0.25) is 10.0 Å². The molecule has 0 aromatic heterocycles. The van der Waals surface area contributed by atoms with Crippen molar-refractivity contribution in [2.24, 2.45) is 4.99 Å². The van der Waals surface area contributed by atoms with Crippen molar-refractivity contribution in [1.29, 1.82) is 0 Å². The van der Waals surface area contributed by atoms with Crippen molar-refractivity contribution in [3.63, 3.8) is 0 Å². The third-order valence-corrected chi connectivity index (χ3v) is 8.06. The molecule has 0 spiro atoms. The monoisotopic (exact) mass is 648 g/mol. The van der Waals surface area contributed by atoms with E-state index in [9.17, 15) is 4.79 Å². The maximum Gasteiger partial charge on any atom is 0.266 e. The van der Waals surface area contributed by atoms with Gasteiger partial charge in [-0.3, -0.25) is 9.69 Å². The van der Waals surface area contributed by atoms with Crippen LogP contribution in [0.5, 0.6) is 11.5 Å². The molecule has 10 heteroatoms. The van der Waals surface area contributed by atoms with Gasteiger partial charge in [-0.1, -0.05) is 63.4 Å². The second-order valence-electron chi connectivity index (χ2n) is 8.43. The van der Waals surface area contributed by atoms with Crippen LogP contribution >= 0.6 is 50.9 Å². The quantitative estimate of drug-likeness (QED) is 0.154. The average molecular weight is 650 g/mol. The Hall–Kier alpha value is -2.49. The van der Waals surface area contributed by atoms with Gasteiger partial charge in [-0.15, -0.1) is 0 Å². The van der Waals surface area contributed by atoms with E-state index < -0.39 is 0 Å². The van der Waals surface area contributed by atoms with Crippen molar-refractivity contribution >= 4 is 73.7 Å². The van der Waals surface area contributed by atoms with Gasteiger partial charge in [-0.05, 0) is 78.7 Å². The number of hydrogen-bond acceptors (Lipinski definition) is 6. The van der Waals surface area contributed by atoms with Gasteiger partial charge in [0.05, 0.1) is 27.2 Å². The lowest BCUT2D eigenvalue weighted by Gasteiger charge is -2.15. The third-order valence-electron chi connectivity index (χ3n) is 5.63. The van der Waals surface area contributed by atoms with Crippen molar-refractivity contribution in [1.82, 2.24) is 4.90 Å². The van der Waals surface area contributed by atoms with Crippen LogP contribution in [0.25, 0.3) is 6.08 Å². The van der Waals surface area contributed by atoms with Crippen molar-refractivity contribution < 1.29 is 19.0 Å². The standard InChI is InChI=1S/C29H27BrCl2N2O4S/c1-3-37-25-15-20(22(30)17-26(25)38-18-19-10-11-23(31)24(32)14-19)16-27-28(35)34(12-7-13-36-2)29(39-27)33-21-8-5-4-6-9-21/h4-6,8-11,14-17H,3,7,12-13,18H2,1-2H3/b27-16-,33-29?. The second kappa shape index (κ2) is 14.2. The number of aliphatic imine (C=N–C) groups is 1. The first kappa shape index (κ1) is 29.5. The highest BCUT2D eigenvalue weighted by Gasteiger charge is 2.33. The molecular formula is C29H27BrCl2N2O4S. The molecule has 1 fully saturated rings. The van der Waals surface area contributed by atoms with E-state index in [2.05, 4.69) is 15.9 Å². The molecule has 0 radical (unpaired) electrons. The lowest BCUT2D eigenvalue weighted by Crippen LogP contribution is -2.30. The number of hydrogen-bond donors (Lipinski definition) is 0. The largest absolute Gasteiger partial charge is 0.490 e. The van der Waals surface area contributed by atoms with Crippen LogP contribution < -0.4 is 9.47 Å². The summed E-state index contributed by atoms with van der Waals surface area (Å²) in [7, 11) is 1.65. The van der Waals surface area contributed by atoms with Crippen molar-refractivity contribution in [2.75, 3.05) is 26.9 Å². The second-order valence-corrected chi connectivity index (χ2v) is 11.1. The number of benzene rings is 3. The molecule has 1 aliphatic heterocycles. The number of nitrogens with zero attached hydrogens (tertiary/aromatic N) is 2. The smallest absolute Gasteiger partial charge is 0.266 e. The Morgan fingerprint density at radius 3 is 2.51 bits per heavy atom.